The first-order chi connectivity index (χ1) is 11.5. The van der Waals surface area contributed by atoms with Gasteiger partial charge in [-0.05, 0) is 48.5 Å². The highest BCUT2D eigenvalue weighted by Crippen LogP contribution is 2.10. The minimum atomic E-state index is -0.719. The van der Waals surface area contributed by atoms with Gasteiger partial charge in [0.2, 0.25) is 5.43 Å². The molecule has 0 aliphatic carbocycles. The van der Waals surface area contributed by atoms with Crippen molar-refractivity contribution in [2.24, 2.45) is 0 Å². The van der Waals surface area contributed by atoms with Crippen LogP contribution in [0.15, 0.2) is 65.6 Å². The Hall–Kier alpha value is -3.35. The molecule has 0 spiro atoms. The Labute approximate surface area is 135 Å². The summed E-state index contributed by atoms with van der Waals surface area (Å²) in [6.45, 7) is 0. The van der Waals surface area contributed by atoms with E-state index >= 15 is 0 Å². The van der Waals surface area contributed by atoms with Crippen LogP contribution in [-0.4, -0.2) is 15.7 Å². The Kier molecular flexibility index (Phi) is 4.15. The van der Waals surface area contributed by atoms with E-state index in [-0.39, 0.29) is 5.69 Å². The zero-order valence-corrected chi connectivity index (χ0v) is 12.2. The predicted molar refractivity (Wildman–Crippen MR) is 84.1 cm³/mol. The predicted octanol–water partition coefficient (Wildman–Crippen LogP) is 2.76. The van der Waals surface area contributed by atoms with Gasteiger partial charge < -0.3 is 5.32 Å². The van der Waals surface area contributed by atoms with E-state index in [9.17, 15) is 18.4 Å². The first-order valence-corrected chi connectivity index (χ1v) is 6.96. The number of rotatable bonds is 3. The van der Waals surface area contributed by atoms with Crippen LogP contribution in [-0.2, 0) is 0 Å². The highest BCUT2D eigenvalue weighted by Gasteiger charge is 2.14. The lowest BCUT2D eigenvalue weighted by Gasteiger charge is -2.08. The van der Waals surface area contributed by atoms with Gasteiger partial charge in [0.15, 0.2) is 5.69 Å². The summed E-state index contributed by atoms with van der Waals surface area (Å²) in [5.74, 6) is -1.57. The number of aromatic nitrogens is 2. The average molecular weight is 327 g/mol. The van der Waals surface area contributed by atoms with Crippen LogP contribution in [0.25, 0.3) is 5.69 Å². The fraction of sp³-hybridized carbons (Fsp3) is 0. The third kappa shape index (κ3) is 3.35. The van der Waals surface area contributed by atoms with Crippen molar-refractivity contribution in [1.82, 2.24) is 9.78 Å². The molecule has 0 bridgehead atoms. The molecule has 7 heteroatoms. The smallest absolute Gasteiger partial charge is 0.280 e. The van der Waals surface area contributed by atoms with Gasteiger partial charge in [0.1, 0.15) is 11.6 Å². The summed E-state index contributed by atoms with van der Waals surface area (Å²) < 4.78 is 27.1. The van der Waals surface area contributed by atoms with Gasteiger partial charge in [-0.2, -0.15) is 5.10 Å². The van der Waals surface area contributed by atoms with Crippen molar-refractivity contribution in [2.75, 3.05) is 5.32 Å². The maximum Gasteiger partial charge on any atom is 0.280 e. The average Bonchev–Trinajstić information content (AvgIpc) is 2.58. The van der Waals surface area contributed by atoms with Gasteiger partial charge in [0, 0.05) is 18.0 Å². The second-order valence-electron chi connectivity index (χ2n) is 4.91. The first-order valence-electron chi connectivity index (χ1n) is 6.96. The number of halogens is 2. The second-order valence-corrected chi connectivity index (χ2v) is 4.91. The lowest BCUT2D eigenvalue weighted by atomic mass is 10.3. The van der Waals surface area contributed by atoms with Crippen LogP contribution in [0.4, 0.5) is 14.5 Å². The largest absolute Gasteiger partial charge is 0.320 e. The molecule has 0 aliphatic heterocycles. The molecule has 3 rings (SSSR count). The summed E-state index contributed by atoms with van der Waals surface area (Å²) in [4.78, 5) is 24.1. The molecule has 0 radical (unpaired) electrons. The molecule has 0 aliphatic rings. The normalized spacial score (nSPS) is 10.4. The van der Waals surface area contributed by atoms with Crippen LogP contribution in [0.3, 0.4) is 0 Å². The van der Waals surface area contributed by atoms with Crippen LogP contribution in [0.1, 0.15) is 10.5 Å². The van der Waals surface area contributed by atoms with Gasteiger partial charge in [0.05, 0.1) is 5.69 Å². The molecule has 0 saturated carbocycles. The first kappa shape index (κ1) is 15.5. The summed E-state index contributed by atoms with van der Waals surface area (Å²) in [5.41, 5.74) is -0.0638. The summed E-state index contributed by atoms with van der Waals surface area (Å²) in [5, 5.41) is 6.45. The van der Waals surface area contributed by atoms with E-state index in [0.29, 0.717) is 11.4 Å². The molecule has 0 atom stereocenters. The third-order valence-corrected chi connectivity index (χ3v) is 3.22. The standard InChI is InChI=1S/C17H11F2N3O2/c18-11-1-5-13(6-2-11)20-17(24)16-15(23)9-10-22(21-16)14-7-3-12(19)4-8-14/h1-10H,(H,20,24). The van der Waals surface area contributed by atoms with Gasteiger partial charge in [-0.3, -0.25) is 9.59 Å². The zero-order chi connectivity index (χ0) is 17.1. The Bertz CT molecular complexity index is 935. The molecule has 5 nitrogen and oxygen atoms in total. The summed E-state index contributed by atoms with van der Waals surface area (Å²) in [7, 11) is 0. The molecule has 120 valence electrons. The minimum absolute atomic E-state index is 0.328. The molecule has 0 unspecified atom stereocenters. The number of anilines is 1. The monoisotopic (exact) mass is 327 g/mol. The highest BCUT2D eigenvalue weighted by atomic mass is 19.1. The van der Waals surface area contributed by atoms with E-state index in [1.165, 1.54) is 65.5 Å². The quantitative estimate of drug-likeness (QED) is 0.804. The molecule has 1 amide bonds. The molecule has 24 heavy (non-hydrogen) atoms. The van der Waals surface area contributed by atoms with Crippen LogP contribution >= 0.6 is 0 Å². The van der Waals surface area contributed by atoms with Crippen LogP contribution in [0.5, 0.6) is 0 Å². The van der Waals surface area contributed by atoms with Crippen LogP contribution in [0.2, 0.25) is 0 Å². The zero-order valence-electron chi connectivity index (χ0n) is 12.2. The van der Waals surface area contributed by atoms with Crippen molar-refractivity contribution in [3.63, 3.8) is 0 Å². The SMILES string of the molecule is O=C(Nc1ccc(F)cc1)c1nn(-c2ccc(F)cc2)ccc1=O. The summed E-state index contributed by atoms with van der Waals surface area (Å²) >= 11 is 0. The van der Waals surface area contributed by atoms with Crippen molar-refractivity contribution in [3.05, 3.63) is 88.3 Å². The van der Waals surface area contributed by atoms with Gasteiger partial charge >= 0.3 is 0 Å². The van der Waals surface area contributed by atoms with Gasteiger partial charge in [-0.25, -0.2) is 13.5 Å². The second kappa shape index (κ2) is 6.41. The Balaban J connectivity index is 1.91. The van der Waals surface area contributed by atoms with Crippen LogP contribution < -0.4 is 10.7 Å². The molecule has 1 heterocycles. The number of amides is 1. The number of nitrogens with one attached hydrogen (secondary N) is 1. The summed E-state index contributed by atoms with van der Waals surface area (Å²) in [6, 6.07) is 11.7. The van der Waals surface area contributed by atoms with Crippen molar-refractivity contribution in [2.45, 2.75) is 0 Å². The highest BCUT2D eigenvalue weighted by molar-refractivity contribution is 6.02. The Morgan fingerprint density at radius 2 is 1.50 bits per heavy atom. The Morgan fingerprint density at radius 3 is 2.12 bits per heavy atom. The van der Waals surface area contributed by atoms with Crippen LogP contribution in [0, 0.1) is 11.6 Å². The fourth-order valence-corrected chi connectivity index (χ4v) is 2.03. The number of carbonyl (C=O) groups excluding carboxylic acids is 1. The van der Waals surface area contributed by atoms with E-state index in [1.807, 2.05) is 0 Å². The third-order valence-electron chi connectivity index (χ3n) is 3.22. The van der Waals surface area contributed by atoms with E-state index in [1.54, 1.807) is 0 Å². The van der Waals surface area contributed by atoms with Gasteiger partial charge in [0.25, 0.3) is 5.91 Å². The number of benzene rings is 2. The summed E-state index contributed by atoms with van der Waals surface area (Å²) in [6.07, 6.45) is 1.38. The molecular formula is C17H11F2N3O2. The van der Waals surface area contributed by atoms with Crippen molar-refractivity contribution in [1.29, 1.82) is 0 Å². The van der Waals surface area contributed by atoms with Crippen molar-refractivity contribution in [3.8, 4) is 5.69 Å². The molecular weight excluding hydrogens is 316 g/mol. The lowest BCUT2D eigenvalue weighted by Crippen LogP contribution is -2.25. The minimum Gasteiger partial charge on any atom is -0.320 e. The number of hydrogen-bond acceptors (Lipinski definition) is 3. The van der Waals surface area contributed by atoms with Gasteiger partial charge in [-0.1, -0.05) is 0 Å². The van der Waals surface area contributed by atoms with Crippen molar-refractivity contribution >= 4 is 11.6 Å². The molecule has 0 saturated heterocycles. The Morgan fingerprint density at radius 1 is 0.917 bits per heavy atom. The van der Waals surface area contributed by atoms with E-state index in [4.69, 9.17) is 0 Å². The number of carbonyl (C=O) groups is 1. The molecule has 2 aromatic carbocycles. The lowest BCUT2D eigenvalue weighted by molar-refractivity contribution is 0.101. The van der Waals surface area contributed by atoms with E-state index < -0.39 is 23.0 Å². The molecule has 1 aromatic heterocycles. The molecule has 0 fully saturated rings. The molecule has 3 aromatic rings. The fourth-order valence-electron chi connectivity index (χ4n) is 2.03. The van der Waals surface area contributed by atoms with E-state index in [2.05, 4.69) is 10.4 Å². The maximum absolute atomic E-state index is 13.0. The van der Waals surface area contributed by atoms with E-state index in [0.717, 1.165) is 0 Å². The van der Waals surface area contributed by atoms with Gasteiger partial charge in [-0.15, -0.1) is 0 Å². The number of nitrogens with zero attached hydrogens (tertiary/aromatic N) is 2. The van der Waals surface area contributed by atoms with Crippen molar-refractivity contribution < 1.29 is 13.6 Å². The number of hydrogen-bond donors (Lipinski definition) is 1. The topological polar surface area (TPSA) is 64.0 Å². The molecule has 1 N–H and O–H groups in total. The maximum atomic E-state index is 13.0.